The van der Waals surface area contributed by atoms with Gasteiger partial charge in [-0.2, -0.15) is 0 Å². The maximum Gasteiger partial charge on any atom is 0.0208 e. The molecule has 0 aliphatic heterocycles. The van der Waals surface area contributed by atoms with E-state index in [1.807, 2.05) is 0 Å². The highest BCUT2D eigenvalue weighted by Crippen LogP contribution is 2.33. The van der Waals surface area contributed by atoms with Gasteiger partial charge in [-0.3, -0.25) is 0 Å². The first-order valence-corrected chi connectivity index (χ1v) is 6.34. The van der Waals surface area contributed by atoms with E-state index in [1.165, 1.54) is 24.0 Å². The van der Waals surface area contributed by atoms with E-state index < -0.39 is 0 Å². The van der Waals surface area contributed by atoms with Gasteiger partial charge in [0.25, 0.3) is 0 Å². The van der Waals surface area contributed by atoms with E-state index in [-0.39, 0.29) is 0 Å². The molecule has 0 amide bonds. The minimum Gasteiger partial charge on any atom is -0.330 e. The molecular formula is C14H22N2. The summed E-state index contributed by atoms with van der Waals surface area (Å²) in [6, 6.07) is 9.57. The van der Waals surface area contributed by atoms with Crippen molar-refractivity contribution >= 4 is 0 Å². The van der Waals surface area contributed by atoms with Crippen LogP contribution in [0.2, 0.25) is 0 Å². The second-order valence-electron chi connectivity index (χ2n) is 4.75. The Morgan fingerprint density at radius 2 is 1.94 bits per heavy atom. The van der Waals surface area contributed by atoms with E-state index in [9.17, 15) is 0 Å². The van der Waals surface area contributed by atoms with Crippen LogP contribution in [0, 0.1) is 5.92 Å². The lowest BCUT2D eigenvalue weighted by Gasteiger charge is -2.05. The van der Waals surface area contributed by atoms with Gasteiger partial charge >= 0.3 is 0 Å². The summed E-state index contributed by atoms with van der Waals surface area (Å²) in [5.41, 5.74) is 8.24. The number of nitrogens with one attached hydrogen (secondary N) is 1. The molecule has 1 aliphatic carbocycles. The molecule has 3 N–H and O–H groups in total. The van der Waals surface area contributed by atoms with E-state index >= 15 is 0 Å². The van der Waals surface area contributed by atoms with Crippen LogP contribution in [0.5, 0.6) is 0 Å². The van der Waals surface area contributed by atoms with Gasteiger partial charge < -0.3 is 11.1 Å². The van der Waals surface area contributed by atoms with Crippen LogP contribution in [0.4, 0.5) is 0 Å². The maximum absolute atomic E-state index is 5.52. The Balaban J connectivity index is 1.77. The molecule has 1 aliphatic rings. The second-order valence-corrected chi connectivity index (χ2v) is 4.75. The highest BCUT2D eigenvalue weighted by Gasteiger charge is 2.34. The predicted molar refractivity (Wildman–Crippen MR) is 68.2 cm³/mol. The summed E-state index contributed by atoms with van der Waals surface area (Å²) >= 11 is 0. The summed E-state index contributed by atoms with van der Waals surface area (Å²) in [7, 11) is 0. The third kappa shape index (κ3) is 3.06. The Labute approximate surface area is 98.2 Å². The van der Waals surface area contributed by atoms with E-state index in [0.717, 1.165) is 31.5 Å². The van der Waals surface area contributed by atoms with Crippen LogP contribution in [0.3, 0.4) is 0 Å². The van der Waals surface area contributed by atoms with Crippen molar-refractivity contribution in [3.63, 3.8) is 0 Å². The van der Waals surface area contributed by atoms with Crippen molar-refractivity contribution in [3.8, 4) is 0 Å². The smallest absolute Gasteiger partial charge is 0.0208 e. The summed E-state index contributed by atoms with van der Waals surface area (Å²) in [5.74, 6) is 0.927. The van der Waals surface area contributed by atoms with Crippen molar-refractivity contribution < 1.29 is 0 Å². The van der Waals surface area contributed by atoms with Crippen LogP contribution in [0.15, 0.2) is 24.3 Å². The first kappa shape index (κ1) is 11.6. The molecule has 16 heavy (non-hydrogen) atoms. The topological polar surface area (TPSA) is 38.0 Å². The molecule has 88 valence electrons. The average Bonchev–Trinajstić information content (AvgIpc) is 3.07. The van der Waals surface area contributed by atoms with Crippen LogP contribution >= 0.6 is 0 Å². The van der Waals surface area contributed by atoms with Gasteiger partial charge in [0.05, 0.1) is 0 Å². The third-order valence-electron chi connectivity index (χ3n) is 3.47. The lowest BCUT2D eigenvalue weighted by atomic mass is 10.1. The molecule has 1 aromatic carbocycles. The van der Waals surface area contributed by atoms with Crippen molar-refractivity contribution in [1.82, 2.24) is 5.32 Å². The molecule has 0 radical (unpaired) electrons. The second kappa shape index (κ2) is 5.46. The normalized spacial score (nSPS) is 23.4. The van der Waals surface area contributed by atoms with Gasteiger partial charge in [0.2, 0.25) is 0 Å². The lowest BCUT2D eigenvalue weighted by Crippen LogP contribution is -2.17. The Morgan fingerprint density at radius 3 is 2.50 bits per heavy atom. The predicted octanol–water partition coefficient (Wildman–Crippen LogP) is 2.08. The SMILES string of the molecule is CCC1CC1NCc1ccc(CCN)cc1. The van der Waals surface area contributed by atoms with Gasteiger partial charge in [-0.05, 0) is 36.4 Å². The molecule has 0 bridgehead atoms. The molecule has 0 heterocycles. The number of benzene rings is 1. The fourth-order valence-corrected chi connectivity index (χ4v) is 2.19. The monoisotopic (exact) mass is 218 g/mol. The maximum atomic E-state index is 5.52. The molecule has 1 fully saturated rings. The van der Waals surface area contributed by atoms with Crippen molar-refractivity contribution in [2.45, 2.75) is 38.8 Å². The summed E-state index contributed by atoms with van der Waals surface area (Å²) in [6.07, 6.45) is 3.66. The van der Waals surface area contributed by atoms with E-state index in [4.69, 9.17) is 5.73 Å². The minimum atomic E-state index is 0.734. The molecule has 2 atom stereocenters. The first-order chi connectivity index (χ1) is 7.83. The van der Waals surface area contributed by atoms with Gasteiger partial charge in [0.15, 0.2) is 0 Å². The Hall–Kier alpha value is -0.860. The molecule has 1 saturated carbocycles. The standard InChI is InChI=1S/C14H22N2/c1-2-13-9-14(13)16-10-12-5-3-11(4-6-12)7-8-15/h3-6,13-14,16H,2,7-10,15H2,1H3. The molecule has 2 rings (SSSR count). The molecule has 0 aromatic heterocycles. The molecule has 1 aromatic rings. The van der Waals surface area contributed by atoms with Crippen LogP contribution in [-0.2, 0) is 13.0 Å². The quantitative estimate of drug-likeness (QED) is 0.767. The van der Waals surface area contributed by atoms with E-state index in [0.29, 0.717) is 0 Å². The fourth-order valence-electron chi connectivity index (χ4n) is 2.19. The number of hydrogen-bond acceptors (Lipinski definition) is 2. The highest BCUT2D eigenvalue weighted by atomic mass is 15.0. The van der Waals surface area contributed by atoms with Crippen molar-refractivity contribution in [2.24, 2.45) is 11.7 Å². The first-order valence-electron chi connectivity index (χ1n) is 6.34. The van der Waals surface area contributed by atoms with Gasteiger partial charge in [-0.25, -0.2) is 0 Å². The molecule has 2 heteroatoms. The van der Waals surface area contributed by atoms with Crippen LogP contribution in [0.25, 0.3) is 0 Å². The number of rotatable bonds is 6. The zero-order chi connectivity index (χ0) is 11.4. The Bertz CT molecular complexity index is 318. The summed E-state index contributed by atoms with van der Waals surface area (Å²) in [5, 5.41) is 3.60. The summed E-state index contributed by atoms with van der Waals surface area (Å²) in [4.78, 5) is 0. The fraction of sp³-hybridized carbons (Fsp3) is 0.571. The zero-order valence-electron chi connectivity index (χ0n) is 10.1. The Kier molecular flexibility index (Phi) is 3.97. The minimum absolute atomic E-state index is 0.734. The molecule has 2 unspecified atom stereocenters. The average molecular weight is 218 g/mol. The summed E-state index contributed by atoms with van der Waals surface area (Å²) in [6.45, 7) is 4.01. The molecule has 0 saturated heterocycles. The van der Waals surface area contributed by atoms with Crippen LogP contribution < -0.4 is 11.1 Å². The highest BCUT2D eigenvalue weighted by molar-refractivity contribution is 5.22. The van der Waals surface area contributed by atoms with Gasteiger partial charge in [0.1, 0.15) is 0 Å². The van der Waals surface area contributed by atoms with Crippen LogP contribution in [0.1, 0.15) is 30.9 Å². The number of hydrogen-bond donors (Lipinski definition) is 2. The summed E-state index contributed by atoms with van der Waals surface area (Å²) < 4.78 is 0. The van der Waals surface area contributed by atoms with Gasteiger partial charge in [0, 0.05) is 12.6 Å². The van der Waals surface area contributed by atoms with Crippen molar-refractivity contribution in [3.05, 3.63) is 35.4 Å². The van der Waals surface area contributed by atoms with Crippen molar-refractivity contribution in [1.29, 1.82) is 0 Å². The molecule has 0 spiro atoms. The zero-order valence-corrected chi connectivity index (χ0v) is 10.1. The van der Waals surface area contributed by atoms with Crippen molar-refractivity contribution in [2.75, 3.05) is 6.54 Å². The molecule has 2 nitrogen and oxygen atoms in total. The largest absolute Gasteiger partial charge is 0.330 e. The van der Waals surface area contributed by atoms with Gasteiger partial charge in [-0.1, -0.05) is 37.6 Å². The van der Waals surface area contributed by atoms with Gasteiger partial charge in [-0.15, -0.1) is 0 Å². The Morgan fingerprint density at radius 1 is 1.25 bits per heavy atom. The van der Waals surface area contributed by atoms with E-state index in [1.54, 1.807) is 0 Å². The lowest BCUT2D eigenvalue weighted by molar-refractivity contribution is 0.623. The van der Waals surface area contributed by atoms with Crippen LogP contribution in [-0.4, -0.2) is 12.6 Å². The third-order valence-corrected chi connectivity index (χ3v) is 3.47. The van der Waals surface area contributed by atoms with E-state index in [2.05, 4.69) is 36.5 Å². The molecular weight excluding hydrogens is 196 g/mol. The number of nitrogens with two attached hydrogens (primary N) is 1.